The first-order valence-electron chi connectivity index (χ1n) is 1.89. The molecule has 0 nitrogen and oxygen atoms in total. The van der Waals surface area contributed by atoms with Crippen molar-refractivity contribution >= 4 is 28.1 Å². The molecule has 0 heterocycles. The van der Waals surface area contributed by atoms with Crippen LogP contribution in [-0.2, 0) is 0 Å². The summed E-state index contributed by atoms with van der Waals surface area (Å²) in [6, 6.07) is 0. The molecule has 0 aromatic heterocycles. The van der Waals surface area contributed by atoms with Crippen LogP contribution in [0.4, 0.5) is 0 Å². The van der Waals surface area contributed by atoms with Crippen LogP contribution in [-0.4, -0.2) is 4.32 Å². The maximum absolute atomic E-state index is 5.29. The summed E-state index contributed by atoms with van der Waals surface area (Å²) in [7, 11) is 0. The number of hydrogen-bond donors (Lipinski definition) is 0. The van der Waals surface area contributed by atoms with Gasteiger partial charge in [-0.05, 0) is 0 Å². The van der Waals surface area contributed by atoms with Crippen molar-refractivity contribution in [1.29, 1.82) is 0 Å². The zero-order chi connectivity index (χ0) is 5.70. The van der Waals surface area contributed by atoms with Crippen molar-refractivity contribution in [2.75, 3.05) is 0 Å². The van der Waals surface area contributed by atoms with Crippen LogP contribution in [0.25, 0.3) is 0 Å². The smallest absolute Gasteiger partial charge is 0.0818 e. The minimum atomic E-state index is 0.470. The molecular formula is C5H5ClS. The Morgan fingerprint density at radius 3 is 2.57 bits per heavy atom. The van der Waals surface area contributed by atoms with Crippen molar-refractivity contribution in [3.05, 3.63) is 0 Å². The fourth-order valence-corrected chi connectivity index (χ4v) is 0.367. The summed E-state index contributed by atoms with van der Waals surface area (Å²) in [5, 5.41) is 0. The van der Waals surface area contributed by atoms with E-state index in [1.807, 2.05) is 0 Å². The van der Waals surface area contributed by atoms with Crippen LogP contribution >= 0.6 is 23.8 Å². The van der Waals surface area contributed by atoms with Crippen LogP contribution in [0.3, 0.4) is 0 Å². The van der Waals surface area contributed by atoms with E-state index in [0.717, 1.165) is 0 Å². The van der Waals surface area contributed by atoms with E-state index in [-0.39, 0.29) is 0 Å². The zero-order valence-corrected chi connectivity index (χ0v) is 5.35. The SMILES string of the molecule is C#CCCC(=S)Cl. The van der Waals surface area contributed by atoms with Gasteiger partial charge in [0.15, 0.2) is 0 Å². The summed E-state index contributed by atoms with van der Waals surface area (Å²) >= 11 is 9.82. The zero-order valence-electron chi connectivity index (χ0n) is 3.78. The van der Waals surface area contributed by atoms with Crippen molar-refractivity contribution in [3.8, 4) is 12.3 Å². The van der Waals surface area contributed by atoms with E-state index in [2.05, 4.69) is 18.1 Å². The lowest BCUT2D eigenvalue weighted by Crippen LogP contribution is -1.77. The quantitative estimate of drug-likeness (QED) is 0.315. The lowest BCUT2D eigenvalue weighted by Gasteiger charge is -1.81. The predicted molar refractivity (Wildman–Crippen MR) is 36.5 cm³/mol. The van der Waals surface area contributed by atoms with Crippen molar-refractivity contribution in [3.63, 3.8) is 0 Å². The molecule has 0 saturated heterocycles. The normalized spacial score (nSPS) is 7.43. The Morgan fingerprint density at radius 2 is 2.43 bits per heavy atom. The molecule has 0 aromatic rings. The second-order valence-corrected chi connectivity index (χ2v) is 2.23. The third kappa shape index (κ3) is 5.94. The number of hydrogen-bond acceptors (Lipinski definition) is 1. The summed E-state index contributed by atoms with van der Waals surface area (Å²) in [4.78, 5) is 0. The highest BCUT2D eigenvalue weighted by molar-refractivity contribution is 7.83. The molecule has 0 N–H and O–H groups in total. The van der Waals surface area contributed by atoms with E-state index < -0.39 is 0 Å². The molecule has 0 aromatic carbocycles. The average Bonchev–Trinajstić information content (AvgIpc) is 1.61. The average molecular weight is 133 g/mol. The minimum absolute atomic E-state index is 0.470. The fraction of sp³-hybridized carbons (Fsp3) is 0.400. The third-order valence-electron chi connectivity index (χ3n) is 0.466. The number of terminal acetylenes is 1. The second-order valence-electron chi connectivity index (χ2n) is 1.06. The van der Waals surface area contributed by atoms with E-state index in [0.29, 0.717) is 17.2 Å². The Kier molecular flexibility index (Phi) is 4.07. The van der Waals surface area contributed by atoms with Crippen LogP contribution in [0.1, 0.15) is 12.8 Å². The monoisotopic (exact) mass is 132 g/mol. The molecule has 38 valence electrons. The van der Waals surface area contributed by atoms with Gasteiger partial charge in [-0.1, -0.05) is 23.8 Å². The lowest BCUT2D eigenvalue weighted by molar-refractivity contribution is 1.17. The minimum Gasteiger partial charge on any atom is -0.120 e. The van der Waals surface area contributed by atoms with E-state index in [1.165, 1.54) is 0 Å². The Hall–Kier alpha value is -0.0600. The van der Waals surface area contributed by atoms with Gasteiger partial charge in [0.2, 0.25) is 0 Å². The van der Waals surface area contributed by atoms with Gasteiger partial charge in [0, 0.05) is 12.8 Å². The molecular weight excluding hydrogens is 128 g/mol. The van der Waals surface area contributed by atoms with E-state index in [9.17, 15) is 0 Å². The molecule has 0 bridgehead atoms. The molecule has 0 aliphatic rings. The van der Waals surface area contributed by atoms with Gasteiger partial charge in [-0.2, -0.15) is 0 Å². The third-order valence-corrected chi connectivity index (χ3v) is 0.859. The Labute approximate surface area is 53.9 Å². The molecule has 0 unspecified atom stereocenters. The van der Waals surface area contributed by atoms with E-state index >= 15 is 0 Å². The summed E-state index contributed by atoms with van der Waals surface area (Å²) in [5.74, 6) is 2.43. The molecule has 0 rings (SSSR count). The molecule has 0 aliphatic carbocycles. The van der Waals surface area contributed by atoms with E-state index in [4.69, 9.17) is 18.0 Å². The summed E-state index contributed by atoms with van der Waals surface area (Å²) in [6.45, 7) is 0. The van der Waals surface area contributed by atoms with Crippen LogP contribution in [0.15, 0.2) is 0 Å². The van der Waals surface area contributed by atoms with Gasteiger partial charge in [0.05, 0.1) is 4.32 Å². The summed E-state index contributed by atoms with van der Waals surface area (Å²) < 4.78 is 0.470. The molecule has 0 aliphatic heterocycles. The lowest BCUT2D eigenvalue weighted by atomic mass is 10.4. The van der Waals surface area contributed by atoms with E-state index in [1.54, 1.807) is 0 Å². The van der Waals surface area contributed by atoms with Gasteiger partial charge in [-0.15, -0.1) is 12.3 Å². The molecule has 0 amide bonds. The maximum atomic E-state index is 5.29. The van der Waals surface area contributed by atoms with Gasteiger partial charge < -0.3 is 0 Å². The van der Waals surface area contributed by atoms with Gasteiger partial charge >= 0.3 is 0 Å². The molecule has 0 radical (unpaired) electrons. The van der Waals surface area contributed by atoms with Gasteiger partial charge in [-0.25, -0.2) is 0 Å². The fourth-order valence-electron chi connectivity index (χ4n) is 0.170. The number of rotatable bonds is 2. The Bertz CT molecular complexity index is 101. The van der Waals surface area contributed by atoms with Crippen LogP contribution < -0.4 is 0 Å². The van der Waals surface area contributed by atoms with Crippen molar-refractivity contribution < 1.29 is 0 Å². The highest BCUT2D eigenvalue weighted by Gasteiger charge is 1.84. The van der Waals surface area contributed by atoms with Gasteiger partial charge in [0.25, 0.3) is 0 Å². The standard InChI is InChI=1S/C5H5ClS/c1-2-3-4-5(6)7/h1H,3-4H2. The maximum Gasteiger partial charge on any atom is 0.0818 e. The van der Waals surface area contributed by atoms with Crippen molar-refractivity contribution in [2.45, 2.75) is 12.8 Å². The number of thiocarbonyl (C=S) groups is 1. The summed E-state index contributed by atoms with van der Waals surface area (Å²) in [6.07, 6.45) is 6.22. The van der Waals surface area contributed by atoms with Crippen LogP contribution in [0.2, 0.25) is 0 Å². The highest BCUT2D eigenvalue weighted by Crippen LogP contribution is 1.94. The molecule has 7 heavy (non-hydrogen) atoms. The molecule has 0 saturated carbocycles. The molecule has 0 fully saturated rings. The second kappa shape index (κ2) is 4.11. The molecule has 0 atom stereocenters. The van der Waals surface area contributed by atoms with Crippen molar-refractivity contribution in [1.82, 2.24) is 0 Å². The van der Waals surface area contributed by atoms with Gasteiger partial charge in [0.1, 0.15) is 0 Å². The Balaban J connectivity index is 3.02. The first kappa shape index (κ1) is 6.94. The summed E-state index contributed by atoms with van der Waals surface area (Å²) in [5.41, 5.74) is 0. The van der Waals surface area contributed by atoms with Gasteiger partial charge in [-0.3, -0.25) is 0 Å². The van der Waals surface area contributed by atoms with Crippen molar-refractivity contribution in [2.24, 2.45) is 0 Å². The van der Waals surface area contributed by atoms with Crippen LogP contribution in [0, 0.1) is 12.3 Å². The Morgan fingerprint density at radius 1 is 1.86 bits per heavy atom. The first-order chi connectivity index (χ1) is 3.27. The predicted octanol–water partition coefficient (Wildman–Crippen LogP) is 1.97. The number of halogens is 1. The largest absolute Gasteiger partial charge is 0.120 e. The molecule has 2 heteroatoms. The topological polar surface area (TPSA) is 0 Å². The first-order valence-corrected chi connectivity index (χ1v) is 2.68. The highest BCUT2D eigenvalue weighted by atomic mass is 35.5. The molecule has 0 spiro atoms. The van der Waals surface area contributed by atoms with Crippen LogP contribution in [0.5, 0.6) is 0 Å².